The van der Waals surface area contributed by atoms with Gasteiger partial charge in [-0.25, -0.2) is 9.13 Å². The summed E-state index contributed by atoms with van der Waals surface area (Å²) in [6.07, 6.45) is 50.1. The second-order valence-corrected chi connectivity index (χ2v) is 30.8. The van der Waals surface area contributed by atoms with Crippen LogP contribution in [0.3, 0.4) is 0 Å². The fourth-order valence-corrected chi connectivity index (χ4v) is 12.8. The minimum atomic E-state index is -4.96. The van der Waals surface area contributed by atoms with Crippen LogP contribution in [-0.2, 0) is 65.4 Å². The topological polar surface area (TPSA) is 237 Å². The van der Waals surface area contributed by atoms with Gasteiger partial charge in [-0.15, -0.1) is 0 Å². The summed E-state index contributed by atoms with van der Waals surface area (Å²) in [6, 6.07) is 0. The van der Waals surface area contributed by atoms with Crippen LogP contribution in [0.2, 0.25) is 0 Å². The van der Waals surface area contributed by atoms with Gasteiger partial charge in [0.05, 0.1) is 26.4 Å². The number of hydrogen-bond acceptors (Lipinski definition) is 15. The number of esters is 4. The highest BCUT2D eigenvalue weighted by molar-refractivity contribution is 7.47. The van der Waals surface area contributed by atoms with E-state index in [0.29, 0.717) is 31.6 Å². The molecule has 0 spiro atoms. The van der Waals surface area contributed by atoms with E-state index in [4.69, 9.17) is 37.0 Å². The van der Waals surface area contributed by atoms with Gasteiger partial charge in [-0.05, 0) is 43.4 Å². The molecule has 0 aliphatic rings. The summed E-state index contributed by atoms with van der Waals surface area (Å²) in [7, 11) is -9.91. The van der Waals surface area contributed by atoms with Crippen LogP contribution in [0.5, 0.6) is 0 Å². The van der Waals surface area contributed by atoms with Crippen molar-refractivity contribution in [2.45, 2.75) is 394 Å². The fourth-order valence-electron chi connectivity index (χ4n) is 11.2. The Morgan fingerprint density at radius 1 is 0.312 bits per heavy atom. The van der Waals surface area contributed by atoms with Crippen LogP contribution in [0, 0.1) is 17.8 Å². The molecule has 19 heteroatoms. The highest BCUT2D eigenvalue weighted by Gasteiger charge is 2.30. The lowest BCUT2D eigenvalue weighted by atomic mass is 10.00. The molecule has 0 amide bonds. The molecule has 0 aromatic rings. The monoisotopic (exact) mass is 1370 g/mol. The van der Waals surface area contributed by atoms with Crippen LogP contribution in [0.15, 0.2) is 0 Å². The molecule has 0 aliphatic heterocycles. The first kappa shape index (κ1) is 91.1. The van der Waals surface area contributed by atoms with Gasteiger partial charge in [-0.3, -0.25) is 37.3 Å². The van der Waals surface area contributed by atoms with Crippen molar-refractivity contribution in [3.63, 3.8) is 0 Å². The van der Waals surface area contributed by atoms with Gasteiger partial charge in [0.2, 0.25) is 0 Å². The molecule has 0 saturated heterocycles. The summed E-state index contributed by atoms with van der Waals surface area (Å²) < 4.78 is 68.4. The zero-order valence-electron chi connectivity index (χ0n) is 60.7. The molecule has 0 saturated carbocycles. The van der Waals surface area contributed by atoms with E-state index in [-0.39, 0.29) is 25.7 Å². The van der Waals surface area contributed by atoms with Gasteiger partial charge in [0, 0.05) is 25.7 Å². The molecule has 17 nitrogen and oxygen atoms in total. The standard InChI is InChI=1S/C74H144O17P2/c1-8-10-11-12-13-14-15-16-18-22-25-28-33-41-48-55-71(76)84-61-69(90-73(78)57-50-43-34-29-26-23-20-17-19-21-24-27-31-38-45-52-65(3)4)63-88-92(80,81)86-59-68(75)60-87-93(82,83)89-64-70(91-74(79)58-51-44-35-30-32-39-46-53-66(5)6)62-85-72(77)56-49-42-37-36-40-47-54-67(7)9-2/h65-70,75H,8-64H2,1-7H3,(H,80,81)(H,82,83)/t67?,68-,69-,70-/m1/s1. The van der Waals surface area contributed by atoms with E-state index in [1.165, 1.54) is 180 Å². The van der Waals surface area contributed by atoms with Gasteiger partial charge in [-0.1, -0.05) is 325 Å². The van der Waals surface area contributed by atoms with E-state index in [1.54, 1.807) is 0 Å². The Kier molecular flexibility index (Phi) is 63.4. The van der Waals surface area contributed by atoms with Crippen molar-refractivity contribution in [1.29, 1.82) is 0 Å². The number of hydrogen-bond donors (Lipinski definition) is 3. The van der Waals surface area contributed by atoms with Crippen molar-refractivity contribution in [2.75, 3.05) is 39.6 Å². The largest absolute Gasteiger partial charge is 0.472 e. The Hall–Kier alpha value is -1.94. The van der Waals surface area contributed by atoms with Crippen molar-refractivity contribution < 1.29 is 80.2 Å². The molecule has 0 heterocycles. The van der Waals surface area contributed by atoms with Gasteiger partial charge in [0.15, 0.2) is 12.2 Å². The number of ether oxygens (including phenoxy) is 4. The summed E-state index contributed by atoms with van der Waals surface area (Å²) in [5.41, 5.74) is 0. The van der Waals surface area contributed by atoms with Crippen molar-refractivity contribution in [2.24, 2.45) is 17.8 Å². The SMILES string of the molecule is CCCCCCCCCCCCCCCCCC(=O)OC[C@H](COP(=O)(O)OC[C@@H](O)COP(=O)(O)OC[C@@H](COC(=O)CCCCCCCCC(C)CC)OC(=O)CCCCCCCCCC(C)C)OC(=O)CCCCCCCCCCCCCCCCCC(C)C. The third-order valence-corrected chi connectivity index (χ3v) is 19.4. The zero-order valence-corrected chi connectivity index (χ0v) is 62.5. The second kappa shape index (κ2) is 64.7. The summed E-state index contributed by atoms with van der Waals surface area (Å²) >= 11 is 0. The molecule has 0 aliphatic carbocycles. The van der Waals surface area contributed by atoms with E-state index in [0.717, 1.165) is 108 Å². The van der Waals surface area contributed by atoms with Gasteiger partial charge in [0.1, 0.15) is 19.3 Å². The number of carbonyl (C=O) groups excluding carboxylic acids is 4. The first-order valence-electron chi connectivity index (χ1n) is 38.4. The molecule has 0 radical (unpaired) electrons. The van der Waals surface area contributed by atoms with Gasteiger partial charge in [-0.2, -0.15) is 0 Å². The Labute approximate surface area is 568 Å². The summed E-state index contributed by atoms with van der Waals surface area (Å²) in [5, 5.41) is 10.6. The average Bonchev–Trinajstić information content (AvgIpc) is 3.30. The molecular formula is C74H144O17P2. The smallest absolute Gasteiger partial charge is 0.462 e. The molecule has 6 atom stereocenters. The molecule has 93 heavy (non-hydrogen) atoms. The predicted molar refractivity (Wildman–Crippen MR) is 377 cm³/mol. The van der Waals surface area contributed by atoms with Gasteiger partial charge < -0.3 is 33.8 Å². The number of phosphoric acid groups is 2. The van der Waals surface area contributed by atoms with Gasteiger partial charge in [0.25, 0.3) is 0 Å². The third-order valence-electron chi connectivity index (χ3n) is 17.5. The first-order chi connectivity index (χ1) is 44.8. The van der Waals surface area contributed by atoms with Crippen LogP contribution >= 0.6 is 15.6 Å². The van der Waals surface area contributed by atoms with E-state index in [9.17, 15) is 43.2 Å². The molecule has 0 aromatic carbocycles. The highest BCUT2D eigenvalue weighted by atomic mass is 31.2. The number of phosphoric ester groups is 2. The molecule has 0 bridgehead atoms. The molecule has 0 aromatic heterocycles. The number of aliphatic hydroxyl groups is 1. The number of unbranched alkanes of at least 4 members (excludes halogenated alkanes) is 39. The quantitative estimate of drug-likeness (QED) is 0.0222. The maximum Gasteiger partial charge on any atom is 0.472 e. The third kappa shape index (κ3) is 67.0. The summed E-state index contributed by atoms with van der Waals surface area (Å²) in [6.45, 7) is 11.8. The maximum absolute atomic E-state index is 13.1. The number of rotatable bonds is 72. The van der Waals surface area contributed by atoms with Crippen molar-refractivity contribution in [1.82, 2.24) is 0 Å². The van der Waals surface area contributed by atoms with Crippen molar-refractivity contribution in [3.05, 3.63) is 0 Å². The molecule has 0 rings (SSSR count). The number of aliphatic hydroxyl groups excluding tert-OH is 1. The lowest BCUT2D eigenvalue weighted by molar-refractivity contribution is -0.161. The van der Waals surface area contributed by atoms with Crippen molar-refractivity contribution >= 4 is 39.5 Å². The lowest BCUT2D eigenvalue weighted by Gasteiger charge is -2.21. The normalized spacial score (nSPS) is 14.4. The van der Waals surface area contributed by atoms with Crippen LogP contribution in [0.1, 0.15) is 376 Å². The van der Waals surface area contributed by atoms with E-state index in [1.807, 2.05) is 0 Å². The van der Waals surface area contributed by atoms with Crippen LogP contribution < -0.4 is 0 Å². The Balaban J connectivity index is 5.23. The molecule has 552 valence electrons. The minimum Gasteiger partial charge on any atom is -0.462 e. The minimum absolute atomic E-state index is 0.102. The summed E-state index contributed by atoms with van der Waals surface area (Å²) in [4.78, 5) is 72.7. The van der Waals surface area contributed by atoms with E-state index < -0.39 is 97.5 Å². The second-order valence-electron chi connectivity index (χ2n) is 27.9. The van der Waals surface area contributed by atoms with E-state index in [2.05, 4.69) is 48.5 Å². The van der Waals surface area contributed by atoms with Crippen LogP contribution in [0.4, 0.5) is 0 Å². The fraction of sp³-hybridized carbons (Fsp3) is 0.946. The highest BCUT2D eigenvalue weighted by Crippen LogP contribution is 2.45. The maximum atomic E-state index is 13.1. The Morgan fingerprint density at radius 3 is 0.817 bits per heavy atom. The molecule has 0 fully saturated rings. The summed E-state index contributed by atoms with van der Waals surface area (Å²) in [5.74, 6) is 0.106. The molecule has 3 N–H and O–H groups in total. The van der Waals surface area contributed by atoms with Crippen LogP contribution in [0.25, 0.3) is 0 Å². The zero-order chi connectivity index (χ0) is 68.7. The molecular weight excluding hydrogens is 1220 g/mol. The van der Waals surface area contributed by atoms with E-state index >= 15 is 0 Å². The average molecular weight is 1370 g/mol. The first-order valence-corrected chi connectivity index (χ1v) is 41.4. The molecule has 3 unspecified atom stereocenters. The Bertz CT molecular complexity index is 1820. The van der Waals surface area contributed by atoms with Crippen LogP contribution in [-0.4, -0.2) is 96.7 Å². The van der Waals surface area contributed by atoms with Gasteiger partial charge >= 0.3 is 39.5 Å². The number of carbonyl (C=O) groups is 4. The lowest BCUT2D eigenvalue weighted by Crippen LogP contribution is -2.30. The Morgan fingerprint density at radius 2 is 0.548 bits per heavy atom. The predicted octanol–water partition coefficient (Wildman–Crippen LogP) is 21.4. The van der Waals surface area contributed by atoms with Crippen molar-refractivity contribution in [3.8, 4) is 0 Å².